The third-order valence-corrected chi connectivity index (χ3v) is 5.63. The highest BCUT2D eigenvalue weighted by Gasteiger charge is 2.10. The number of H-pyrrole nitrogens is 1. The number of aromatic nitrogens is 4. The van der Waals surface area contributed by atoms with Gasteiger partial charge in [-0.2, -0.15) is 5.10 Å². The average Bonchev–Trinajstić information content (AvgIpc) is 3.23. The Morgan fingerprint density at radius 3 is 2.39 bits per heavy atom. The van der Waals surface area contributed by atoms with Crippen molar-refractivity contribution in [2.24, 2.45) is 0 Å². The zero-order chi connectivity index (χ0) is 22.6. The Balaban J connectivity index is 1.29. The largest absolute Gasteiger partial charge is 0.337 e. The van der Waals surface area contributed by atoms with Crippen molar-refractivity contribution < 1.29 is 0 Å². The molecule has 0 bridgehead atoms. The molecule has 0 radical (unpaired) electrons. The molecule has 2 heterocycles. The van der Waals surface area contributed by atoms with E-state index in [9.17, 15) is 0 Å². The van der Waals surface area contributed by atoms with Gasteiger partial charge in [0.25, 0.3) is 0 Å². The van der Waals surface area contributed by atoms with E-state index < -0.39 is 0 Å². The number of hydrogen-bond acceptors (Lipinski definition) is 5. The van der Waals surface area contributed by atoms with Gasteiger partial charge >= 0.3 is 0 Å². The fraction of sp³-hybridized carbons (Fsp3) is 0. The second-order valence-electron chi connectivity index (χ2n) is 7.18. The number of thiocarbonyl (C=S) groups is 1. The minimum absolute atomic E-state index is 0.404. The zero-order valence-corrected chi connectivity index (χ0v) is 19.6. The lowest BCUT2D eigenvalue weighted by atomic mass is 10.1. The van der Waals surface area contributed by atoms with Gasteiger partial charge in [-0.15, -0.1) is 10.2 Å². The van der Waals surface area contributed by atoms with Gasteiger partial charge in [0.2, 0.25) is 0 Å². The Morgan fingerprint density at radius 2 is 1.61 bits per heavy atom. The SMILES string of the molecule is S=C(Nc1ccc(-c2ccccc2)nn1)Nc1ccccc1Nc1n[nH]c2cc(Br)ccc12. The highest BCUT2D eigenvalue weighted by Crippen LogP contribution is 2.30. The van der Waals surface area contributed by atoms with Crippen LogP contribution in [0.4, 0.5) is 23.0 Å². The first-order valence-electron chi connectivity index (χ1n) is 10.1. The van der Waals surface area contributed by atoms with Crippen LogP contribution in [0.15, 0.2) is 89.4 Å². The molecule has 9 heteroatoms. The quantitative estimate of drug-likeness (QED) is 0.203. The smallest absolute Gasteiger partial charge is 0.176 e. The Kier molecular flexibility index (Phi) is 5.97. The molecule has 33 heavy (non-hydrogen) atoms. The Labute approximate surface area is 203 Å². The van der Waals surface area contributed by atoms with Crippen LogP contribution in [0.3, 0.4) is 0 Å². The molecule has 5 rings (SSSR count). The van der Waals surface area contributed by atoms with Crippen LogP contribution in [-0.2, 0) is 0 Å². The van der Waals surface area contributed by atoms with E-state index in [1.165, 1.54) is 0 Å². The van der Waals surface area contributed by atoms with Crippen LogP contribution >= 0.6 is 28.1 Å². The number of anilines is 4. The van der Waals surface area contributed by atoms with E-state index in [2.05, 4.69) is 52.3 Å². The molecular weight excluding hydrogens is 498 g/mol. The minimum atomic E-state index is 0.404. The van der Waals surface area contributed by atoms with Gasteiger partial charge < -0.3 is 16.0 Å². The molecule has 0 amide bonds. The second kappa shape index (κ2) is 9.35. The summed E-state index contributed by atoms with van der Waals surface area (Å²) in [6.07, 6.45) is 0. The number of hydrogen-bond donors (Lipinski definition) is 4. The van der Waals surface area contributed by atoms with E-state index in [0.717, 1.165) is 43.8 Å². The maximum Gasteiger partial charge on any atom is 0.176 e. The van der Waals surface area contributed by atoms with E-state index in [-0.39, 0.29) is 0 Å². The van der Waals surface area contributed by atoms with Crippen LogP contribution in [0.25, 0.3) is 22.2 Å². The van der Waals surface area contributed by atoms with Crippen molar-refractivity contribution in [3.05, 3.63) is 89.4 Å². The van der Waals surface area contributed by atoms with Crippen molar-refractivity contribution >= 4 is 67.2 Å². The maximum atomic E-state index is 5.50. The minimum Gasteiger partial charge on any atom is -0.337 e. The first-order valence-corrected chi connectivity index (χ1v) is 11.3. The number of aromatic amines is 1. The van der Waals surface area contributed by atoms with Gasteiger partial charge in [-0.3, -0.25) is 5.10 Å². The zero-order valence-electron chi connectivity index (χ0n) is 17.2. The molecule has 2 aromatic heterocycles. The molecule has 0 aliphatic rings. The molecule has 7 nitrogen and oxygen atoms in total. The molecule has 162 valence electrons. The fourth-order valence-electron chi connectivity index (χ4n) is 3.35. The van der Waals surface area contributed by atoms with Crippen molar-refractivity contribution in [2.45, 2.75) is 0 Å². The molecule has 0 fully saturated rings. The maximum absolute atomic E-state index is 5.50. The molecule has 0 aliphatic heterocycles. The first kappa shape index (κ1) is 21.0. The normalized spacial score (nSPS) is 10.7. The molecule has 0 saturated carbocycles. The number of para-hydroxylation sites is 2. The van der Waals surface area contributed by atoms with Gasteiger partial charge in [0.15, 0.2) is 16.7 Å². The number of nitrogens with zero attached hydrogens (tertiary/aromatic N) is 3. The molecule has 5 aromatic rings. The molecule has 0 spiro atoms. The van der Waals surface area contributed by atoms with Gasteiger partial charge in [-0.1, -0.05) is 58.4 Å². The molecule has 4 N–H and O–H groups in total. The van der Waals surface area contributed by atoms with Crippen molar-refractivity contribution in [2.75, 3.05) is 16.0 Å². The summed E-state index contributed by atoms with van der Waals surface area (Å²) in [6.45, 7) is 0. The Bertz CT molecular complexity index is 1420. The third kappa shape index (κ3) is 4.84. The van der Waals surface area contributed by atoms with E-state index >= 15 is 0 Å². The molecule has 0 atom stereocenters. The molecule has 0 unspecified atom stereocenters. The monoisotopic (exact) mass is 515 g/mol. The van der Waals surface area contributed by atoms with E-state index in [4.69, 9.17) is 12.2 Å². The Morgan fingerprint density at radius 1 is 0.818 bits per heavy atom. The predicted molar refractivity (Wildman–Crippen MR) is 141 cm³/mol. The number of rotatable bonds is 5. The lowest BCUT2D eigenvalue weighted by Crippen LogP contribution is -2.20. The van der Waals surface area contributed by atoms with Crippen molar-refractivity contribution in [1.29, 1.82) is 0 Å². The highest BCUT2D eigenvalue weighted by atomic mass is 79.9. The van der Waals surface area contributed by atoms with Crippen LogP contribution in [0.2, 0.25) is 0 Å². The van der Waals surface area contributed by atoms with Gasteiger partial charge in [-0.05, 0) is 54.7 Å². The molecular formula is C24H18BrN7S. The number of fused-ring (bicyclic) bond motifs is 1. The fourth-order valence-corrected chi connectivity index (χ4v) is 3.92. The van der Waals surface area contributed by atoms with Crippen LogP contribution < -0.4 is 16.0 Å². The van der Waals surface area contributed by atoms with Gasteiger partial charge in [0.1, 0.15) is 0 Å². The van der Waals surface area contributed by atoms with Crippen LogP contribution in [0.5, 0.6) is 0 Å². The summed E-state index contributed by atoms with van der Waals surface area (Å²) in [7, 11) is 0. The van der Waals surface area contributed by atoms with Crippen LogP contribution in [0.1, 0.15) is 0 Å². The highest BCUT2D eigenvalue weighted by molar-refractivity contribution is 9.10. The van der Waals surface area contributed by atoms with Crippen molar-refractivity contribution in [3.63, 3.8) is 0 Å². The summed E-state index contributed by atoms with van der Waals surface area (Å²) in [4.78, 5) is 0. The van der Waals surface area contributed by atoms with E-state index in [1.807, 2.05) is 84.9 Å². The number of nitrogens with one attached hydrogen (secondary N) is 4. The standard InChI is InChI=1S/C24H18BrN7S/c25-16-10-11-17-21(14-16)30-32-23(17)26-19-8-4-5-9-20(19)27-24(33)28-22-13-12-18(29-31-22)15-6-2-1-3-7-15/h1-14H,(H2,26,30,32)(H2,27,28,31,33). The topological polar surface area (TPSA) is 90.6 Å². The van der Waals surface area contributed by atoms with Crippen molar-refractivity contribution in [1.82, 2.24) is 20.4 Å². The molecule has 0 saturated heterocycles. The number of halogens is 1. The molecule has 0 aliphatic carbocycles. The second-order valence-corrected chi connectivity index (χ2v) is 8.51. The summed E-state index contributed by atoms with van der Waals surface area (Å²) in [5, 5.41) is 27.0. The lowest BCUT2D eigenvalue weighted by molar-refractivity contribution is 1.05. The third-order valence-electron chi connectivity index (χ3n) is 4.93. The first-order chi connectivity index (χ1) is 16.2. The van der Waals surface area contributed by atoms with Crippen LogP contribution in [-0.4, -0.2) is 25.5 Å². The summed E-state index contributed by atoms with van der Waals surface area (Å²) >= 11 is 8.98. The van der Waals surface area contributed by atoms with Crippen molar-refractivity contribution in [3.8, 4) is 11.3 Å². The predicted octanol–water partition coefficient (Wildman–Crippen LogP) is 6.33. The number of benzene rings is 3. The summed E-state index contributed by atoms with van der Waals surface area (Å²) in [5.41, 5.74) is 4.39. The Hall–Kier alpha value is -3.82. The van der Waals surface area contributed by atoms with E-state index in [1.54, 1.807) is 0 Å². The molecule has 3 aromatic carbocycles. The van der Waals surface area contributed by atoms with Crippen LogP contribution in [0, 0.1) is 0 Å². The van der Waals surface area contributed by atoms with Gasteiger partial charge in [0, 0.05) is 15.4 Å². The lowest BCUT2D eigenvalue weighted by Gasteiger charge is -2.14. The average molecular weight is 516 g/mol. The van der Waals surface area contributed by atoms with Gasteiger partial charge in [-0.25, -0.2) is 0 Å². The van der Waals surface area contributed by atoms with E-state index in [0.29, 0.717) is 10.9 Å². The summed E-state index contributed by atoms with van der Waals surface area (Å²) in [6, 6.07) is 27.4. The summed E-state index contributed by atoms with van der Waals surface area (Å²) in [5.74, 6) is 1.29. The van der Waals surface area contributed by atoms with Gasteiger partial charge in [0.05, 0.1) is 22.6 Å². The summed E-state index contributed by atoms with van der Waals surface area (Å²) < 4.78 is 0.989.